The summed E-state index contributed by atoms with van der Waals surface area (Å²) in [5, 5.41) is 9.09. The van der Waals surface area contributed by atoms with Gasteiger partial charge in [-0.25, -0.2) is 4.79 Å². The van der Waals surface area contributed by atoms with Crippen LogP contribution < -0.4 is 0 Å². The number of carboxylic acid groups (broad SMARTS) is 1. The molecular weight excluding hydrogens is 291 g/mol. The normalized spacial score (nSPS) is 9.67. The Hall–Kier alpha value is -0.440. The van der Waals surface area contributed by atoms with E-state index in [1.54, 1.807) is 0 Å². The second kappa shape index (κ2) is 5.06. The Kier molecular flexibility index (Phi) is 4.91. The molecule has 2 nitrogen and oxygen atoms in total. The van der Waals surface area contributed by atoms with Gasteiger partial charge in [-0.15, -0.1) is 0 Å². The zero-order valence-electron chi connectivity index (χ0n) is 9.36. The van der Waals surface area contributed by atoms with Crippen molar-refractivity contribution in [2.75, 3.05) is 0 Å². The van der Waals surface area contributed by atoms with Gasteiger partial charge >= 0.3 is 31.8 Å². The molecule has 82 valence electrons. The summed E-state index contributed by atoms with van der Waals surface area (Å²) < 4.78 is 0. The molecule has 0 bridgehead atoms. The van der Waals surface area contributed by atoms with Gasteiger partial charge in [0, 0.05) is 0 Å². The number of aromatic carboxylic acids is 1. The van der Waals surface area contributed by atoms with Gasteiger partial charge < -0.3 is 5.11 Å². The molecular formula is C12H19InO2. The standard InChI is InChI=1S/C12H16O2.In.3H/c1-6-7(2)9(4)11(12(13)14)10(5)8(6)3;;;;/h1-5H3,(H,13,14);;;;. The molecule has 0 aliphatic heterocycles. The van der Waals surface area contributed by atoms with Crippen LogP contribution in [0.5, 0.6) is 0 Å². The third kappa shape index (κ3) is 2.39. The van der Waals surface area contributed by atoms with E-state index in [9.17, 15) is 4.79 Å². The third-order valence-electron chi connectivity index (χ3n) is 3.21. The van der Waals surface area contributed by atoms with E-state index in [0.29, 0.717) is 5.56 Å². The zero-order chi connectivity index (χ0) is 11.0. The minimum atomic E-state index is -0.828. The predicted molar refractivity (Wildman–Crippen MR) is 67.0 cm³/mol. The molecule has 0 radical (unpaired) electrons. The van der Waals surface area contributed by atoms with Gasteiger partial charge in [0.2, 0.25) is 0 Å². The number of hydrogen-bond donors (Lipinski definition) is 1. The van der Waals surface area contributed by atoms with Crippen LogP contribution in [0.2, 0.25) is 0 Å². The second-order valence-corrected chi connectivity index (χ2v) is 3.81. The molecule has 0 unspecified atom stereocenters. The molecule has 0 amide bonds. The summed E-state index contributed by atoms with van der Waals surface area (Å²) in [6.07, 6.45) is 0. The number of hydrogen-bond acceptors (Lipinski definition) is 1. The molecule has 0 aromatic heterocycles. The maximum absolute atomic E-state index is 11.1. The van der Waals surface area contributed by atoms with Crippen molar-refractivity contribution in [2.24, 2.45) is 0 Å². The molecule has 0 heterocycles. The SMILES string of the molecule is Cc1c(C)c(C)c(C(=O)O)c(C)c1C.[InH3]. The van der Waals surface area contributed by atoms with Gasteiger partial charge in [-0.3, -0.25) is 0 Å². The van der Waals surface area contributed by atoms with Crippen molar-refractivity contribution in [1.82, 2.24) is 0 Å². The summed E-state index contributed by atoms with van der Waals surface area (Å²) >= 11 is 0. The zero-order valence-corrected chi connectivity index (χ0v) is 9.36. The van der Waals surface area contributed by atoms with Crippen molar-refractivity contribution < 1.29 is 9.90 Å². The van der Waals surface area contributed by atoms with E-state index in [1.165, 1.54) is 5.56 Å². The van der Waals surface area contributed by atoms with Crippen molar-refractivity contribution in [1.29, 1.82) is 0 Å². The second-order valence-electron chi connectivity index (χ2n) is 3.81. The Labute approximate surface area is 109 Å². The first-order valence-corrected chi connectivity index (χ1v) is 4.68. The van der Waals surface area contributed by atoms with E-state index in [2.05, 4.69) is 0 Å². The summed E-state index contributed by atoms with van der Waals surface area (Å²) in [4.78, 5) is 11.1. The first-order chi connectivity index (χ1) is 6.37. The number of rotatable bonds is 1. The molecule has 1 rings (SSSR count). The third-order valence-corrected chi connectivity index (χ3v) is 3.21. The molecule has 3 heteroatoms. The fourth-order valence-corrected chi connectivity index (χ4v) is 1.82. The number of carbonyl (C=O) groups is 1. The van der Waals surface area contributed by atoms with Gasteiger partial charge in [0.05, 0.1) is 5.56 Å². The summed E-state index contributed by atoms with van der Waals surface area (Å²) in [6, 6.07) is 0. The van der Waals surface area contributed by atoms with Crippen molar-refractivity contribution in [3.8, 4) is 0 Å². The summed E-state index contributed by atoms with van der Waals surface area (Å²) in [6.45, 7) is 9.74. The van der Waals surface area contributed by atoms with E-state index in [1.807, 2.05) is 34.6 Å². The Morgan fingerprint density at radius 1 is 0.800 bits per heavy atom. The Morgan fingerprint density at radius 2 is 1.07 bits per heavy atom. The Bertz CT molecular complexity index is 380. The summed E-state index contributed by atoms with van der Waals surface area (Å²) in [7, 11) is 0. The van der Waals surface area contributed by atoms with Crippen LogP contribution in [0.3, 0.4) is 0 Å². The summed E-state index contributed by atoms with van der Waals surface area (Å²) in [5.74, 6) is -0.828. The van der Waals surface area contributed by atoms with Crippen molar-refractivity contribution >= 4 is 31.8 Å². The van der Waals surface area contributed by atoms with Crippen LogP contribution in [-0.2, 0) is 0 Å². The molecule has 0 atom stereocenters. The molecule has 1 aromatic rings. The first-order valence-electron chi connectivity index (χ1n) is 4.68. The van der Waals surface area contributed by atoms with Crippen LogP contribution >= 0.6 is 0 Å². The number of carboxylic acids is 1. The van der Waals surface area contributed by atoms with Crippen LogP contribution in [-0.4, -0.2) is 36.9 Å². The average molecular weight is 310 g/mol. The van der Waals surface area contributed by atoms with Gasteiger partial charge in [-0.1, -0.05) is 0 Å². The maximum atomic E-state index is 11.1. The van der Waals surface area contributed by atoms with Crippen LogP contribution in [0, 0.1) is 34.6 Å². The number of benzene rings is 1. The molecule has 0 fully saturated rings. The quantitative estimate of drug-likeness (QED) is 0.858. The van der Waals surface area contributed by atoms with Gasteiger partial charge in [0.1, 0.15) is 0 Å². The molecule has 0 spiro atoms. The van der Waals surface area contributed by atoms with Gasteiger partial charge in [-0.05, 0) is 62.4 Å². The van der Waals surface area contributed by atoms with Crippen molar-refractivity contribution in [2.45, 2.75) is 34.6 Å². The van der Waals surface area contributed by atoms with Crippen molar-refractivity contribution in [3.63, 3.8) is 0 Å². The Balaban J connectivity index is 0.00000196. The predicted octanol–water partition coefficient (Wildman–Crippen LogP) is 1.74. The van der Waals surface area contributed by atoms with Gasteiger partial charge in [-0.2, -0.15) is 0 Å². The van der Waals surface area contributed by atoms with E-state index in [-0.39, 0.29) is 25.8 Å². The molecule has 1 aromatic carbocycles. The van der Waals surface area contributed by atoms with Gasteiger partial charge in [0.15, 0.2) is 0 Å². The van der Waals surface area contributed by atoms with Gasteiger partial charge in [0.25, 0.3) is 0 Å². The van der Waals surface area contributed by atoms with E-state index < -0.39 is 5.97 Å². The minimum absolute atomic E-state index is 0. The average Bonchev–Trinajstić information content (AvgIpc) is 2.11. The van der Waals surface area contributed by atoms with Crippen LogP contribution in [0.1, 0.15) is 38.2 Å². The fraction of sp³-hybridized carbons (Fsp3) is 0.417. The molecule has 0 saturated heterocycles. The molecule has 0 aliphatic rings. The fourth-order valence-electron chi connectivity index (χ4n) is 1.82. The van der Waals surface area contributed by atoms with E-state index >= 15 is 0 Å². The first kappa shape index (κ1) is 14.6. The molecule has 0 saturated carbocycles. The monoisotopic (exact) mass is 310 g/mol. The van der Waals surface area contributed by atoms with Crippen molar-refractivity contribution in [3.05, 3.63) is 33.4 Å². The topological polar surface area (TPSA) is 37.3 Å². The van der Waals surface area contributed by atoms with Crippen LogP contribution in [0.25, 0.3) is 0 Å². The summed E-state index contributed by atoms with van der Waals surface area (Å²) in [5.41, 5.74) is 5.61. The molecule has 15 heavy (non-hydrogen) atoms. The van der Waals surface area contributed by atoms with Crippen LogP contribution in [0.15, 0.2) is 0 Å². The molecule has 0 aliphatic carbocycles. The molecule has 1 N–H and O–H groups in total. The van der Waals surface area contributed by atoms with E-state index in [0.717, 1.165) is 22.3 Å². The Morgan fingerprint density at radius 3 is 1.33 bits per heavy atom. The van der Waals surface area contributed by atoms with E-state index in [4.69, 9.17) is 5.11 Å². The van der Waals surface area contributed by atoms with Crippen LogP contribution in [0.4, 0.5) is 0 Å².